The van der Waals surface area contributed by atoms with Crippen molar-refractivity contribution in [3.05, 3.63) is 68.7 Å². The third-order valence-electron chi connectivity index (χ3n) is 3.35. The third-order valence-corrected chi connectivity index (χ3v) is 3.67. The number of aliphatic hydroxyl groups excluding tert-OH is 1. The molecule has 0 bridgehead atoms. The topological polar surface area (TPSA) is 20.2 Å². The van der Waals surface area contributed by atoms with Gasteiger partial charge in [0.2, 0.25) is 0 Å². The Morgan fingerprint density at radius 3 is 2.00 bits per heavy atom. The molecule has 0 amide bonds. The van der Waals surface area contributed by atoms with Gasteiger partial charge in [-0.15, -0.1) is 0 Å². The Kier molecular flexibility index (Phi) is 4.11. The zero-order chi connectivity index (χ0) is 15.0. The van der Waals surface area contributed by atoms with E-state index < -0.39 is 17.7 Å². The molecule has 4 heteroatoms. The maximum absolute atomic E-state index is 13.4. The Morgan fingerprint density at radius 2 is 1.45 bits per heavy atom. The summed E-state index contributed by atoms with van der Waals surface area (Å²) in [6.07, 6.45) is -1.09. The van der Waals surface area contributed by atoms with Gasteiger partial charge in [-0.25, -0.2) is 8.78 Å². The SMILES string of the molecule is Cc1cc(C)c(C(O)c2cc(F)c(F)cc2Cl)c(C)c1. The molecule has 0 fully saturated rings. The van der Waals surface area contributed by atoms with Gasteiger partial charge in [0, 0.05) is 10.6 Å². The molecule has 0 aliphatic rings. The number of halogens is 3. The number of hydrogen-bond donors (Lipinski definition) is 1. The summed E-state index contributed by atoms with van der Waals surface area (Å²) in [7, 11) is 0. The zero-order valence-electron chi connectivity index (χ0n) is 11.5. The zero-order valence-corrected chi connectivity index (χ0v) is 12.2. The van der Waals surface area contributed by atoms with Crippen molar-refractivity contribution in [1.82, 2.24) is 0 Å². The Hall–Kier alpha value is -1.45. The van der Waals surface area contributed by atoms with E-state index in [1.54, 1.807) is 0 Å². The summed E-state index contributed by atoms with van der Waals surface area (Å²) in [6.45, 7) is 5.69. The van der Waals surface area contributed by atoms with E-state index in [0.29, 0.717) is 5.56 Å². The Bertz CT molecular complexity index is 645. The molecule has 1 atom stereocenters. The highest BCUT2D eigenvalue weighted by Crippen LogP contribution is 2.33. The van der Waals surface area contributed by atoms with E-state index in [2.05, 4.69) is 0 Å². The van der Waals surface area contributed by atoms with Crippen molar-refractivity contribution >= 4 is 11.6 Å². The highest BCUT2D eigenvalue weighted by Gasteiger charge is 2.20. The van der Waals surface area contributed by atoms with Crippen LogP contribution in [0.1, 0.15) is 33.9 Å². The minimum absolute atomic E-state index is 0.00998. The molecule has 1 nitrogen and oxygen atoms in total. The number of rotatable bonds is 2. The summed E-state index contributed by atoms with van der Waals surface area (Å²) < 4.78 is 26.5. The van der Waals surface area contributed by atoms with Gasteiger partial charge < -0.3 is 5.11 Å². The summed E-state index contributed by atoms with van der Waals surface area (Å²) in [6, 6.07) is 5.69. The molecular weight excluding hydrogens is 282 g/mol. The Morgan fingerprint density at radius 1 is 0.950 bits per heavy atom. The summed E-state index contributed by atoms with van der Waals surface area (Å²) in [5.74, 6) is -2.05. The van der Waals surface area contributed by atoms with Gasteiger partial charge in [-0.05, 0) is 49.6 Å². The molecule has 2 aromatic rings. The summed E-state index contributed by atoms with van der Waals surface area (Å²) in [5.41, 5.74) is 3.68. The number of hydrogen-bond acceptors (Lipinski definition) is 1. The predicted molar refractivity (Wildman–Crippen MR) is 76.1 cm³/mol. The first kappa shape index (κ1) is 14.9. The van der Waals surface area contributed by atoms with Gasteiger partial charge in [0.1, 0.15) is 6.10 Å². The van der Waals surface area contributed by atoms with Crippen LogP contribution in [0.4, 0.5) is 8.78 Å². The third kappa shape index (κ3) is 2.69. The fourth-order valence-electron chi connectivity index (χ4n) is 2.53. The first-order chi connectivity index (χ1) is 9.31. The van der Waals surface area contributed by atoms with Crippen LogP contribution >= 0.6 is 11.6 Å². The molecule has 0 radical (unpaired) electrons. The monoisotopic (exact) mass is 296 g/mol. The van der Waals surface area contributed by atoms with E-state index in [9.17, 15) is 13.9 Å². The second-order valence-corrected chi connectivity index (χ2v) is 5.41. The average Bonchev–Trinajstić information content (AvgIpc) is 2.32. The van der Waals surface area contributed by atoms with Crippen LogP contribution < -0.4 is 0 Å². The fraction of sp³-hybridized carbons (Fsp3) is 0.250. The van der Waals surface area contributed by atoms with Gasteiger partial charge in [-0.1, -0.05) is 29.3 Å². The Balaban J connectivity index is 2.57. The van der Waals surface area contributed by atoms with Crippen LogP contribution in [0.2, 0.25) is 5.02 Å². The molecule has 2 aromatic carbocycles. The number of aryl methyl sites for hydroxylation is 3. The number of aliphatic hydroxyl groups is 1. The summed E-state index contributed by atoms with van der Waals surface area (Å²) >= 11 is 5.92. The van der Waals surface area contributed by atoms with E-state index in [1.807, 2.05) is 32.9 Å². The lowest BCUT2D eigenvalue weighted by Crippen LogP contribution is -2.07. The molecule has 0 saturated heterocycles. The van der Waals surface area contributed by atoms with Crippen LogP contribution in [0.15, 0.2) is 24.3 Å². The molecule has 0 aliphatic heterocycles. The second-order valence-electron chi connectivity index (χ2n) is 5.00. The van der Waals surface area contributed by atoms with Crippen LogP contribution in [0, 0.1) is 32.4 Å². The molecule has 1 N–H and O–H groups in total. The maximum Gasteiger partial charge on any atom is 0.160 e. The van der Waals surface area contributed by atoms with Gasteiger partial charge in [0.15, 0.2) is 11.6 Å². The highest BCUT2D eigenvalue weighted by molar-refractivity contribution is 6.31. The van der Waals surface area contributed by atoms with Crippen molar-refractivity contribution in [2.45, 2.75) is 26.9 Å². The van der Waals surface area contributed by atoms with E-state index >= 15 is 0 Å². The second kappa shape index (κ2) is 5.51. The van der Waals surface area contributed by atoms with Crippen molar-refractivity contribution in [1.29, 1.82) is 0 Å². The first-order valence-corrected chi connectivity index (χ1v) is 6.59. The number of benzene rings is 2. The van der Waals surface area contributed by atoms with Crippen molar-refractivity contribution in [3.63, 3.8) is 0 Å². The Labute approximate surface area is 121 Å². The normalized spacial score (nSPS) is 12.6. The highest BCUT2D eigenvalue weighted by atomic mass is 35.5. The summed E-state index contributed by atoms with van der Waals surface area (Å²) in [4.78, 5) is 0. The van der Waals surface area contributed by atoms with Crippen LogP contribution in [0.25, 0.3) is 0 Å². The van der Waals surface area contributed by atoms with Crippen LogP contribution in [-0.2, 0) is 0 Å². The van der Waals surface area contributed by atoms with E-state index in [4.69, 9.17) is 11.6 Å². The molecule has 1 unspecified atom stereocenters. The molecule has 0 spiro atoms. The molecule has 0 aliphatic carbocycles. The first-order valence-electron chi connectivity index (χ1n) is 6.21. The lowest BCUT2D eigenvalue weighted by molar-refractivity contribution is 0.218. The van der Waals surface area contributed by atoms with Crippen molar-refractivity contribution in [2.75, 3.05) is 0 Å². The minimum Gasteiger partial charge on any atom is -0.384 e. The standard InChI is InChI=1S/C16H15ClF2O/c1-8-4-9(2)15(10(3)5-8)16(20)11-6-13(18)14(19)7-12(11)17/h4-7,16,20H,1-3H3. The maximum atomic E-state index is 13.4. The molecule has 0 heterocycles. The molecule has 106 valence electrons. The van der Waals surface area contributed by atoms with Crippen molar-refractivity contribution in [2.24, 2.45) is 0 Å². The van der Waals surface area contributed by atoms with Gasteiger partial charge in [0.05, 0.1) is 0 Å². The van der Waals surface area contributed by atoms with Crippen molar-refractivity contribution < 1.29 is 13.9 Å². The van der Waals surface area contributed by atoms with Gasteiger partial charge >= 0.3 is 0 Å². The molecule has 20 heavy (non-hydrogen) atoms. The van der Waals surface area contributed by atoms with Crippen molar-refractivity contribution in [3.8, 4) is 0 Å². The lowest BCUT2D eigenvalue weighted by atomic mass is 9.92. The molecule has 2 rings (SSSR count). The fourth-order valence-corrected chi connectivity index (χ4v) is 2.78. The van der Waals surface area contributed by atoms with Gasteiger partial charge in [-0.3, -0.25) is 0 Å². The van der Waals surface area contributed by atoms with Crippen LogP contribution in [0.5, 0.6) is 0 Å². The van der Waals surface area contributed by atoms with E-state index in [1.165, 1.54) is 0 Å². The molecule has 0 aromatic heterocycles. The average molecular weight is 297 g/mol. The minimum atomic E-state index is -1.09. The van der Waals surface area contributed by atoms with Gasteiger partial charge in [0.25, 0.3) is 0 Å². The summed E-state index contributed by atoms with van der Waals surface area (Å²) in [5, 5.41) is 10.5. The molecule has 0 saturated carbocycles. The quantitative estimate of drug-likeness (QED) is 0.801. The van der Waals surface area contributed by atoms with E-state index in [-0.39, 0.29) is 10.6 Å². The smallest absolute Gasteiger partial charge is 0.160 e. The lowest BCUT2D eigenvalue weighted by Gasteiger charge is -2.19. The van der Waals surface area contributed by atoms with Crippen LogP contribution in [-0.4, -0.2) is 5.11 Å². The predicted octanol–water partition coefficient (Wildman–Crippen LogP) is 4.63. The molecular formula is C16H15ClF2O. The largest absolute Gasteiger partial charge is 0.384 e. The van der Waals surface area contributed by atoms with E-state index in [0.717, 1.165) is 28.8 Å². The van der Waals surface area contributed by atoms with Gasteiger partial charge in [-0.2, -0.15) is 0 Å². The van der Waals surface area contributed by atoms with Crippen LogP contribution in [0.3, 0.4) is 0 Å².